The molecule has 82 valence electrons. The van der Waals surface area contributed by atoms with Crippen LogP contribution >= 0.6 is 11.6 Å². The number of pyridine rings is 2. The minimum atomic E-state index is 0.465. The van der Waals surface area contributed by atoms with E-state index < -0.39 is 0 Å². The average molecular weight is 235 g/mol. The van der Waals surface area contributed by atoms with E-state index in [1.54, 1.807) is 23.5 Å². The van der Waals surface area contributed by atoms with E-state index in [2.05, 4.69) is 9.97 Å². The van der Waals surface area contributed by atoms with Gasteiger partial charge in [0, 0.05) is 12.4 Å². The number of hydrogen-bond acceptors (Lipinski definition) is 4. The first-order valence-corrected chi connectivity index (χ1v) is 5.17. The summed E-state index contributed by atoms with van der Waals surface area (Å²) in [4.78, 5) is 8.06. The van der Waals surface area contributed by atoms with E-state index in [4.69, 9.17) is 17.4 Å². The Hall–Kier alpha value is -1.65. The molecule has 0 atom stereocenters. The summed E-state index contributed by atoms with van der Waals surface area (Å²) in [7, 11) is 0. The summed E-state index contributed by atoms with van der Waals surface area (Å²) >= 11 is 5.79. The Morgan fingerprint density at radius 3 is 2.75 bits per heavy atom. The molecule has 2 aromatic rings. The molecule has 0 fully saturated rings. The molecule has 2 N–H and O–H groups in total. The molecule has 2 heterocycles. The minimum absolute atomic E-state index is 0.465. The second-order valence-corrected chi connectivity index (χ2v) is 3.69. The third-order valence-electron chi connectivity index (χ3n) is 2.09. The number of nitrogens with zero attached hydrogens (tertiary/aromatic N) is 3. The predicted octanol–water partition coefficient (Wildman–Crippen LogP) is 2.01. The zero-order valence-corrected chi connectivity index (χ0v) is 9.30. The van der Waals surface area contributed by atoms with Crippen molar-refractivity contribution in [2.75, 3.05) is 5.01 Å². The number of halogens is 1. The smallest absolute Gasteiger partial charge is 0.142 e. The molecule has 0 amide bonds. The predicted molar refractivity (Wildman–Crippen MR) is 63.9 cm³/mol. The van der Waals surface area contributed by atoms with Crippen molar-refractivity contribution in [2.24, 2.45) is 5.84 Å². The highest BCUT2D eigenvalue weighted by Crippen LogP contribution is 2.12. The van der Waals surface area contributed by atoms with Crippen LogP contribution in [0.2, 0.25) is 5.15 Å². The molecular weight excluding hydrogens is 224 g/mol. The largest absolute Gasteiger partial charge is 0.290 e. The summed E-state index contributed by atoms with van der Waals surface area (Å²) in [6.45, 7) is 0.541. The molecule has 0 radical (unpaired) electrons. The molecule has 0 bridgehead atoms. The Morgan fingerprint density at radius 1 is 1.19 bits per heavy atom. The molecule has 2 rings (SSSR count). The molecule has 0 spiro atoms. The summed E-state index contributed by atoms with van der Waals surface area (Å²) < 4.78 is 0. The maximum absolute atomic E-state index is 5.88. The fraction of sp³-hybridized carbons (Fsp3) is 0.0909. The van der Waals surface area contributed by atoms with Gasteiger partial charge >= 0.3 is 0 Å². The molecule has 0 aliphatic carbocycles. The molecule has 2 aromatic heterocycles. The monoisotopic (exact) mass is 234 g/mol. The van der Waals surface area contributed by atoms with Crippen LogP contribution in [0.25, 0.3) is 0 Å². The third kappa shape index (κ3) is 2.68. The number of rotatable bonds is 3. The van der Waals surface area contributed by atoms with Crippen LogP contribution in [-0.2, 0) is 6.54 Å². The van der Waals surface area contributed by atoms with Crippen LogP contribution in [0.3, 0.4) is 0 Å². The Kier molecular flexibility index (Phi) is 3.34. The van der Waals surface area contributed by atoms with E-state index in [9.17, 15) is 0 Å². The molecule has 0 aliphatic rings. The van der Waals surface area contributed by atoms with E-state index in [1.807, 2.05) is 24.3 Å². The van der Waals surface area contributed by atoms with Crippen LogP contribution in [0.4, 0.5) is 5.82 Å². The number of anilines is 1. The van der Waals surface area contributed by atoms with Gasteiger partial charge in [0.05, 0.1) is 6.54 Å². The van der Waals surface area contributed by atoms with E-state index >= 15 is 0 Å². The van der Waals surface area contributed by atoms with Crippen LogP contribution in [0, 0.1) is 0 Å². The SMILES string of the molecule is NN(Cc1ccnc(Cl)c1)c1ccccn1. The summed E-state index contributed by atoms with van der Waals surface area (Å²) in [5.74, 6) is 6.60. The van der Waals surface area contributed by atoms with Crippen LogP contribution in [0.1, 0.15) is 5.56 Å². The van der Waals surface area contributed by atoms with Crippen LogP contribution in [0.5, 0.6) is 0 Å². The van der Waals surface area contributed by atoms with Gasteiger partial charge in [-0.1, -0.05) is 17.7 Å². The molecular formula is C11H11ClN4. The zero-order chi connectivity index (χ0) is 11.4. The maximum Gasteiger partial charge on any atom is 0.142 e. The number of aromatic nitrogens is 2. The van der Waals surface area contributed by atoms with Crippen molar-refractivity contribution in [3.63, 3.8) is 0 Å². The van der Waals surface area contributed by atoms with Gasteiger partial charge < -0.3 is 0 Å². The second-order valence-electron chi connectivity index (χ2n) is 3.30. The van der Waals surface area contributed by atoms with Gasteiger partial charge in [-0.25, -0.2) is 15.8 Å². The minimum Gasteiger partial charge on any atom is -0.290 e. The lowest BCUT2D eigenvalue weighted by molar-refractivity contribution is 0.831. The van der Waals surface area contributed by atoms with Crippen LogP contribution in [-0.4, -0.2) is 9.97 Å². The quantitative estimate of drug-likeness (QED) is 0.502. The zero-order valence-electron chi connectivity index (χ0n) is 8.55. The topological polar surface area (TPSA) is 55.0 Å². The van der Waals surface area contributed by atoms with Gasteiger partial charge in [0.2, 0.25) is 0 Å². The van der Waals surface area contributed by atoms with Crippen LogP contribution in [0.15, 0.2) is 42.7 Å². The van der Waals surface area contributed by atoms with E-state index in [-0.39, 0.29) is 0 Å². The Balaban J connectivity index is 2.11. The van der Waals surface area contributed by atoms with E-state index in [1.165, 1.54) is 0 Å². The van der Waals surface area contributed by atoms with Crippen molar-refractivity contribution in [1.29, 1.82) is 0 Å². The highest BCUT2D eigenvalue weighted by molar-refractivity contribution is 6.29. The summed E-state index contributed by atoms with van der Waals surface area (Å²) in [6, 6.07) is 9.24. The molecule has 0 aliphatic heterocycles. The highest BCUT2D eigenvalue weighted by Gasteiger charge is 2.03. The van der Waals surface area contributed by atoms with Gasteiger partial charge in [-0.15, -0.1) is 0 Å². The fourth-order valence-electron chi connectivity index (χ4n) is 1.34. The molecule has 5 heteroatoms. The van der Waals surface area contributed by atoms with Gasteiger partial charge in [0.1, 0.15) is 11.0 Å². The first-order chi connectivity index (χ1) is 7.75. The lowest BCUT2D eigenvalue weighted by Crippen LogP contribution is -2.30. The maximum atomic E-state index is 5.88. The van der Waals surface area contributed by atoms with Crippen LogP contribution < -0.4 is 10.9 Å². The molecule has 4 nitrogen and oxygen atoms in total. The van der Waals surface area contributed by atoms with Crippen molar-refractivity contribution in [3.05, 3.63) is 53.4 Å². The second kappa shape index (κ2) is 4.92. The van der Waals surface area contributed by atoms with Crippen molar-refractivity contribution >= 4 is 17.4 Å². The van der Waals surface area contributed by atoms with Gasteiger partial charge in [0.15, 0.2) is 0 Å². The third-order valence-corrected chi connectivity index (χ3v) is 2.29. The van der Waals surface area contributed by atoms with Crippen molar-refractivity contribution < 1.29 is 0 Å². The lowest BCUT2D eigenvalue weighted by Gasteiger charge is -2.17. The molecule has 0 saturated carbocycles. The highest BCUT2D eigenvalue weighted by atomic mass is 35.5. The fourth-order valence-corrected chi connectivity index (χ4v) is 1.54. The van der Waals surface area contributed by atoms with E-state index in [0.717, 1.165) is 11.4 Å². The van der Waals surface area contributed by atoms with E-state index in [0.29, 0.717) is 11.7 Å². The van der Waals surface area contributed by atoms with Crippen molar-refractivity contribution in [1.82, 2.24) is 9.97 Å². The number of nitrogens with two attached hydrogens (primary N) is 1. The van der Waals surface area contributed by atoms with Crippen molar-refractivity contribution in [3.8, 4) is 0 Å². The number of hydrazine groups is 1. The van der Waals surface area contributed by atoms with Crippen molar-refractivity contribution in [2.45, 2.75) is 6.54 Å². The van der Waals surface area contributed by atoms with Gasteiger partial charge in [0.25, 0.3) is 0 Å². The average Bonchev–Trinajstić information content (AvgIpc) is 2.30. The first kappa shape index (κ1) is 10.9. The summed E-state index contributed by atoms with van der Waals surface area (Å²) in [6.07, 6.45) is 3.36. The van der Waals surface area contributed by atoms with Gasteiger partial charge in [-0.3, -0.25) is 5.01 Å². The first-order valence-electron chi connectivity index (χ1n) is 4.79. The molecule has 0 aromatic carbocycles. The van der Waals surface area contributed by atoms with Gasteiger partial charge in [-0.2, -0.15) is 0 Å². The summed E-state index contributed by atoms with van der Waals surface area (Å²) in [5, 5.41) is 2.03. The Labute approximate surface area is 98.7 Å². The molecule has 16 heavy (non-hydrogen) atoms. The molecule has 0 saturated heterocycles. The summed E-state index contributed by atoms with van der Waals surface area (Å²) in [5.41, 5.74) is 0.994. The normalized spacial score (nSPS) is 10.1. The molecule has 0 unspecified atom stereocenters. The lowest BCUT2D eigenvalue weighted by atomic mass is 10.2. The number of hydrogen-bond donors (Lipinski definition) is 1. The Morgan fingerprint density at radius 2 is 2.06 bits per heavy atom. The van der Waals surface area contributed by atoms with Gasteiger partial charge in [-0.05, 0) is 29.8 Å². The Bertz CT molecular complexity index is 461. The standard InChI is InChI=1S/C11H11ClN4/c12-10-7-9(4-6-14-10)8-16(13)11-3-1-2-5-15-11/h1-7H,8,13H2.